The molecule has 1 amide bonds. The molecule has 2 atom stereocenters. The van der Waals surface area contributed by atoms with Crippen molar-refractivity contribution >= 4 is 23.6 Å². The van der Waals surface area contributed by atoms with Gasteiger partial charge in [0.1, 0.15) is 6.04 Å². The number of carbonyl (C=O) groups is 2. The van der Waals surface area contributed by atoms with Gasteiger partial charge < -0.3 is 10.1 Å². The summed E-state index contributed by atoms with van der Waals surface area (Å²) in [4.78, 5) is 22.3. The molecule has 7 heteroatoms. The van der Waals surface area contributed by atoms with Crippen LogP contribution in [0.2, 0.25) is 0 Å². The summed E-state index contributed by atoms with van der Waals surface area (Å²) >= 11 is 0.914. The molecule has 1 rings (SSSR count). The number of rotatable bonds is 2. The fourth-order valence-electron chi connectivity index (χ4n) is 1.19. The highest BCUT2D eigenvalue weighted by Gasteiger charge is 2.32. The van der Waals surface area contributed by atoms with Crippen LogP contribution in [0.4, 0.5) is 8.78 Å². The van der Waals surface area contributed by atoms with Gasteiger partial charge in [-0.25, -0.2) is 13.6 Å². The van der Waals surface area contributed by atoms with Crippen LogP contribution in [0.5, 0.6) is 0 Å². The van der Waals surface area contributed by atoms with E-state index >= 15 is 0 Å². The van der Waals surface area contributed by atoms with Crippen LogP contribution < -0.4 is 5.32 Å². The van der Waals surface area contributed by atoms with E-state index in [2.05, 4.69) is 10.1 Å². The molecule has 0 aromatic rings. The molecule has 0 radical (unpaired) electrons. The average molecular weight is 239 g/mol. The molecule has 0 saturated carbocycles. The molecule has 0 aromatic heterocycles. The first-order valence-corrected chi connectivity index (χ1v) is 5.36. The second-order valence-electron chi connectivity index (χ2n) is 3.05. The van der Waals surface area contributed by atoms with E-state index in [9.17, 15) is 18.4 Å². The lowest BCUT2D eigenvalue weighted by molar-refractivity contribution is -0.144. The van der Waals surface area contributed by atoms with Crippen molar-refractivity contribution < 1.29 is 23.1 Å². The molecule has 1 N–H and O–H groups in total. The number of ether oxygens (including phenoxy) is 1. The van der Waals surface area contributed by atoms with Gasteiger partial charge in [-0.1, -0.05) is 0 Å². The Bertz CT molecular complexity index is 262. The number of esters is 1. The van der Waals surface area contributed by atoms with Crippen LogP contribution in [-0.2, 0) is 14.3 Å². The Hall–Kier alpha value is -0.850. The van der Waals surface area contributed by atoms with Gasteiger partial charge >= 0.3 is 5.97 Å². The standard InChI is InChI=1S/C8H11F2NO3S/c1-14-8(13)4-3-15-5(7(9)10)2-6(12)11-4/h4-5,7H,2-3H2,1H3,(H,11,12)/t4-,5+/m1/s1. The van der Waals surface area contributed by atoms with E-state index in [0.29, 0.717) is 0 Å². The van der Waals surface area contributed by atoms with E-state index < -0.39 is 29.6 Å². The third-order valence-corrected chi connectivity index (χ3v) is 3.29. The number of halogens is 2. The van der Waals surface area contributed by atoms with Gasteiger partial charge in [0.15, 0.2) is 0 Å². The number of amides is 1. The maximum atomic E-state index is 12.4. The fourth-order valence-corrected chi connectivity index (χ4v) is 2.26. The fraction of sp³-hybridized carbons (Fsp3) is 0.750. The first-order valence-electron chi connectivity index (χ1n) is 4.31. The number of methoxy groups -OCH3 is 1. The summed E-state index contributed by atoms with van der Waals surface area (Å²) in [5, 5.41) is 1.30. The minimum atomic E-state index is -2.56. The van der Waals surface area contributed by atoms with Gasteiger partial charge in [0.25, 0.3) is 6.43 Å². The zero-order chi connectivity index (χ0) is 11.4. The minimum Gasteiger partial charge on any atom is -0.467 e. The van der Waals surface area contributed by atoms with Gasteiger partial charge in [-0.15, -0.1) is 11.8 Å². The summed E-state index contributed by atoms with van der Waals surface area (Å²) in [6.07, 6.45) is -2.83. The van der Waals surface area contributed by atoms with Crippen molar-refractivity contribution in [3.05, 3.63) is 0 Å². The van der Waals surface area contributed by atoms with Crippen LogP contribution in [0.1, 0.15) is 6.42 Å². The third kappa shape index (κ3) is 3.33. The average Bonchev–Trinajstić information content (AvgIpc) is 2.38. The van der Waals surface area contributed by atoms with Crippen LogP contribution in [0.25, 0.3) is 0 Å². The number of nitrogens with one attached hydrogen (secondary N) is 1. The Morgan fingerprint density at radius 3 is 2.87 bits per heavy atom. The Labute approximate surface area is 89.7 Å². The van der Waals surface area contributed by atoms with Gasteiger partial charge in [-0.05, 0) is 0 Å². The van der Waals surface area contributed by atoms with Gasteiger partial charge in [-0.3, -0.25) is 4.79 Å². The third-order valence-electron chi connectivity index (χ3n) is 1.97. The lowest BCUT2D eigenvalue weighted by atomic mass is 10.2. The number of hydrogen-bond acceptors (Lipinski definition) is 4. The highest BCUT2D eigenvalue weighted by molar-refractivity contribution is 8.00. The monoisotopic (exact) mass is 239 g/mol. The summed E-state index contributed by atoms with van der Waals surface area (Å²) < 4.78 is 29.2. The first kappa shape index (κ1) is 12.2. The Balaban J connectivity index is 2.62. The Morgan fingerprint density at radius 2 is 2.33 bits per heavy atom. The van der Waals surface area contributed by atoms with Crippen LogP contribution in [0, 0.1) is 0 Å². The van der Waals surface area contributed by atoms with Gasteiger partial charge in [0.2, 0.25) is 5.91 Å². The van der Waals surface area contributed by atoms with E-state index in [1.54, 1.807) is 0 Å². The second kappa shape index (κ2) is 5.29. The van der Waals surface area contributed by atoms with Crippen molar-refractivity contribution in [2.45, 2.75) is 24.1 Å². The second-order valence-corrected chi connectivity index (χ2v) is 4.33. The number of carbonyl (C=O) groups excluding carboxylic acids is 2. The van der Waals surface area contributed by atoms with E-state index in [1.165, 1.54) is 7.11 Å². The maximum absolute atomic E-state index is 12.4. The maximum Gasteiger partial charge on any atom is 0.329 e. The van der Waals surface area contributed by atoms with Gasteiger partial charge in [0, 0.05) is 12.2 Å². The molecule has 1 fully saturated rings. The van der Waals surface area contributed by atoms with Crippen molar-refractivity contribution in [2.75, 3.05) is 12.9 Å². The van der Waals surface area contributed by atoms with Crippen molar-refractivity contribution in [3.63, 3.8) is 0 Å². The predicted octanol–water partition coefficient (Wildman–Crippen LogP) is 0.415. The van der Waals surface area contributed by atoms with Gasteiger partial charge in [0.05, 0.1) is 12.4 Å². The summed E-state index contributed by atoms with van der Waals surface area (Å²) in [6, 6.07) is -0.823. The summed E-state index contributed by atoms with van der Waals surface area (Å²) in [6.45, 7) is 0. The molecule has 1 heterocycles. The highest BCUT2D eigenvalue weighted by atomic mass is 32.2. The van der Waals surface area contributed by atoms with Crippen LogP contribution in [-0.4, -0.2) is 42.5 Å². The lowest BCUT2D eigenvalue weighted by Crippen LogP contribution is -2.41. The van der Waals surface area contributed by atoms with E-state index in [4.69, 9.17) is 0 Å². The molecule has 0 bridgehead atoms. The van der Waals surface area contributed by atoms with Crippen molar-refractivity contribution in [1.82, 2.24) is 5.32 Å². The summed E-state index contributed by atoms with van der Waals surface area (Å²) in [5.41, 5.74) is 0. The predicted molar refractivity (Wildman–Crippen MR) is 50.8 cm³/mol. The molecule has 0 aromatic carbocycles. The molecule has 0 unspecified atom stereocenters. The molecular weight excluding hydrogens is 228 g/mol. The molecule has 86 valence electrons. The van der Waals surface area contributed by atoms with Crippen LogP contribution in [0.15, 0.2) is 0 Å². The topological polar surface area (TPSA) is 55.4 Å². The highest BCUT2D eigenvalue weighted by Crippen LogP contribution is 2.25. The zero-order valence-corrected chi connectivity index (χ0v) is 8.85. The number of thioether (sulfide) groups is 1. The molecule has 1 aliphatic heterocycles. The number of hydrogen-bond donors (Lipinski definition) is 1. The largest absolute Gasteiger partial charge is 0.467 e. The minimum absolute atomic E-state index is 0.118. The summed E-state index contributed by atoms with van der Waals surface area (Å²) in [5.74, 6) is -1.03. The molecular formula is C8H11F2NO3S. The first-order chi connectivity index (χ1) is 7.04. The van der Waals surface area contributed by atoms with E-state index in [0.717, 1.165) is 11.8 Å². The molecule has 0 spiro atoms. The van der Waals surface area contributed by atoms with Crippen molar-refractivity contribution in [1.29, 1.82) is 0 Å². The smallest absolute Gasteiger partial charge is 0.329 e. The molecule has 4 nitrogen and oxygen atoms in total. The van der Waals surface area contributed by atoms with Crippen molar-refractivity contribution in [3.8, 4) is 0 Å². The number of alkyl halides is 2. The quantitative estimate of drug-likeness (QED) is 0.709. The molecule has 1 saturated heterocycles. The SMILES string of the molecule is COC(=O)[C@H]1CS[C@H](C(F)F)CC(=O)N1. The van der Waals surface area contributed by atoms with E-state index in [1.807, 2.05) is 0 Å². The normalized spacial score (nSPS) is 27.1. The molecule has 15 heavy (non-hydrogen) atoms. The zero-order valence-electron chi connectivity index (χ0n) is 8.04. The van der Waals surface area contributed by atoms with E-state index in [-0.39, 0.29) is 12.2 Å². The molecule has 1 aliphatic rings. The van der Waals surface area contributed by atoms with Crippen molar-refractivity contribution in [2.24, 2.45) is 0 Å². The summed E-state index contributed by atoms with van der Waals surface area (Å²) in [7, 11) is 1.19. The lowest BCUT2D eigenvalue weighted by Gasteiger charge is -2.12. The van der Waals surface area contributed by atoms with Gasteiger partial charge in [-0.2, -0.15) is 0 Å². The van der Waals surface area contributed by atoms with Crippen LogP contribution >= 0.6 is 11.8 Å². The Kier molecular flexibility index (Phi) is 4.31. The van der Waals surface area contributed by atoms with Crippen LogP contribution in [0.3, 0.4) is 0 Å². The molecule has 0 aliphatic carbocycles. The Morgan fingerprint density at radius 1 is 1.67 bits per heavy atom.